The van der Waals surface area contributed by atoms with E-state index in [1.165, 1.54) is 19.4 Å². The second-order valence-corrected chi connectivity index (χ2v) is 3.99. The lowest BCUT2D eigenvalue weighted by molar-refractivity contribution is 0.101. The molecule has 0 bridgehead atoms. The van der Waals surface area contributed by atoms with Crippen molar-refractivity contribution in [3.8, 4) is 0 Å². The number of nitrogens with two attached hydrogens (primary N) is 1. The summed E-state index contributed by atoms with van der Waals surface area (Å²) in [5.74, 6) is 0.491. The summed E-state index contributed by atoms with van der Waals surface area (Å²) in [6.45, 7) is 2.10. The summed E-state index contributed by atoms with van der Waals surface area (Å²) >= 11 is 0. The van der Waals surface area contributed by atoms with Crippen molar-refractivity contribution in [1.29, 1.82) is 0 Å². The molecule has 0 atom stereocenters. The van der Waals surface area contributed by atoms with Gasteiger partial charge in [0.15, 0.2) is 11.5 Å². The van der Waals surface area contributed by atoms with E-state index in [4.69, 9.17) is 15.0 Å². The normalized spacial score (nSPS) is 10.4. The fraction of sp³-hybridized carbons (Fsp3) is 0.250. The Morgan fingerprint density at radius 1 is 1.53 bits per heavy atom. The van der Waals surface area contributed by atoms with Crippen molar-refractivity contribution >= 4 is 17.4 Å². The van der Waals surface area contributed by atoms with Crippen molar-refractivity contribution in [2.24, 2.45) is 0 Å². The molecule has 100 valence electrons. The highest BCUT2D eigenvalue weighted by Gasteiger charge is 2.13. The second-order valence-electron chi connectivity index (χ2n) is 3.99. The number of nitrogens with one attached hydrogen (secondary N) is 1. The first-order chi connectivity index (χ1) is 9.10. The van der Waals surface area contributed by atoms with Gasteiger partial charge in [-0.2, -0.15) is 0 Å². The minimum absolute atomic E-state index is 0.170. The number of aryl methyl sites for hydroxylation is 1. The van der Waals surface area contributed by atoms with E-state index in [2.05, 4.69) is 15.5 Å². The smallest absolute Gasteiger partial charge is 0.279 e. The molecule has 7 nitrogen and oxygen atoms in total. The van der Waals surface area contributed by atoms with Crippen LogP contribution in [0.2, 0.25) is 0 Å². The number of rotatable bonds is 4. The highest BCUT2D eigenvalue weighted by atomic mass is 16.5. The van der Waals surface area contributed by atoms with Crippen molar-refractivity contribution in [2.75, 3.05) is 18.2 Å². The molecule has 2 aromatic rings. The quantitative estimate of drug-likeness (QED) is 0.862. The minimum atomic E-state index is -0.400. The predicted molar refractivity (Wildman–Crippen MR) is 68.6 cm³/mol. The van der Waals surface area contributed by atoms with Crippen LogP contribution in [-0.2, 0) is 11.3 Å². The maximum atomic E-state index is 11.9. The molecule has 0 aromatic carbocycles. The van der Waals surface area contributed by atoms with E-state index in [9.17, 15) is 4.79 Å². The van der Waals surface area contributed by atoms with Crippen LogP contribution in [0.15, 0.2) is 22.9 Å². The standard InChI is InChI=1S/C12H14N4O3/c1-7-3-11(14-5-9(7)13)15-12(17)10-4-8(6-18-2)19-16-10/h3-5H,6,13H2,1-2H3,(H,14,15,17). The average molecular weight is 262 g/mol. The van der Waals surface area contributed by atoms with Crippen LogP contribution in [-0.4, -0.2) is 23.2 Å². The van der Waals surface area contributed by atoms with Gasteiger partial charge in [0.05, 0.1) is 11.9 Å². The summed E-state index contributed by atoms with van der Waals surface area (Å²) in [6.07, 6.45) is 1.49. The first-order valence-electron chi connectivity index (χ1n) is 5.58. The molecule has 2 rings (SSSR count). The van der Waals surface area contributed by atoms with Crippen molar-refractivity contribution in [3.05, 3.63) is 35.3 Å². The zero-order valence-corrected chi connectivity index (χ0v) is 10.6. The van der Waals surface area contributed by atoms with Gasteiger partial charge in [-0.15, -0.1) is 0 Å². The molecular formula is C12H14N4O3. The number of hydrogen-bond acceptors (Lipinski definition) is 6. The lowest BCUT2D eigenvalue weighted by atomic mass is 10.2. The van der Waals surface area contributed by atoms with Crippen LogP contribution in [0, 0.1) is 6.92 Å². The van der Waals surface area contributed by atoms with Gasteiger partial charge in [-0.1, -0.05) is 5.16 Å². The topological polar surface area (TPSA) is 103 Å². The number of methoxy groups -OCH3 is 1. The van der Waals surface area contributed by atoms with Gasteiger partial charge < -0.3 is 20.3 Å². The molecule has 0 aliphatic heterocycles. The Morgan fingerprint density at radius 3 is 3.00 bits per heavy atom. The molecule has 0 fully saturated rings. The van der Waals surface area contributed by atoms with Crippen LogP contribution < -0.4 is 11.1 Å². The monoisotopic (exact) mass is 262 g/mol. The molecule has 0 saturated heterocycles. The molecule has 0 unspecified atom stereocenters. The van der Waals surface area contributed by atoms with Crippen molar-refractivity contribution in [2.45, 2.75) is 13.5 Å². The van der Waals surface area contributed by atoms with Crippen molar-refractivity contribution in [3.63, 3.8) is 0 Å². The molecule has 2 aromatic heterocycles. The molecule has 2 heterocycles. The number of nitrogens with zero attached hydrogens (tertiary/aromatic N) is 2. The maximum absolute atomic E-state index is 11.9. The molecule has 0 radical (unpaired) electrons. The Labute approximate surface area is 109 Å². The number of nitrogen functional groups attached to an aromatic ring is 1. The van der Waals surface area contributed by atoms with Crippen LogP contribution in [0.4, 0.5) is 11.5 Å². The molecule has 0 saturated carbocycles. The summed E-state index contributed by atoms with van der Waals surface area (Å²) in [7, 11) is 1.53. The van der Waals surface area contributed by atoms with E-state index < -0.39 is 5.91 Å². The number of aromatic nitrogens is 2. The Hall–Kier alpha value is -2.41. The second kappa shape index (κ2) is 5.49. The first-order valence-corrected chi connectivity index (χ1v) is 5.58. The van der Waals surface area contributed by atoms with Crippen LogP contribution in [0.1, 0.15) is 21.8 Å². The summed E-state index contributed by atoms with van der Waals surface area (Å²) in [4.78, 5) is 15.9. The van der Waals surface area contributed by atoms with Gasteiger partial charge in [0.2, 0.25) is 0 Å². The number of amides is 1. The fourth-order valence-electron chi connectivity index (χ4n) is 1.45. The Kier molecular flexibility index (Phi) is 3.76. The average Bonchev–Trinajstić information content (AvgIpc) is 2.83. The first kappa shape index (κ1) is 13.0. The summed E-state index contributed by atoms with van der Waals surface area (Å²) in [6, 6.07) is 3.20. The molecule has 3 N–H and O–H groups in total. The molecule has 0 aliphatic carbocycles. The Balaban J connectivity index is 2.09. The third-order valence-electron chi connectivity index (χ3n) is 2.47. The number of carbonyl (C=O) groups is 1. The molecule has 0 spiro atoms. The lowest BCUT2D eigenvalue weighted by Gasteiger charge is -2.04. The number of ether oxygens (including phenoxy) is 1. The Morgan fingerprint density at radius 2 is 2.32 bits per heavy atom. The van der Waals surface area contributed by atoms with E-state index >= 15 is 0 Å². The molecule has 0 aliphatic rings. The summed E-state index contributed by atoms with van der Waals surface area (Å²) in [5, 5.41) is 6.26. The van der Waals surface area contributed by atoms with Gasteiger partial charge in [-0.3, -0.25) is 4.79 Å². The van der Waals surface area contributed by atoms with Gasteiger partial charge in [-0.25, -0.2) is 4.98 Å². The summed E-state index contributed by atoms with van der Waals surface area (Å²) in [5.41, 5.74) is 7.23. The molecule has 7 heteroatoms. The largest absolute Gasteiger partial charge is 0.397 e. The van der Waals surface area contributed by atoms with Gasteiger partial charge in [0.1, 0.15) is 12.4 Å². The van der Waals surface area contributed by atoms with E-state index in [1.807, 2.05) is 6.92 Å². The number of carbonyl (C=O) groups excluding carboxylic acids is 1. The van der Waals surface area contributed by atoms with Gasteiger partial charge >= 0.3 is 0 Å². The van der Waals surface area contributed by atoms with Gasteiger partial charge in [0.25, 0.3) is 5.91 Å². The highest BCUT2D eigenvalue weighted by molar-refractivity contribution is 6.02. The minimum Gasteiger partial charge on any atom is -0.397 e. The van der Waals surface area contributed by atoms with E-state index in [-0.39, 0.29) is 12.3 Å². The third-order valence-corrected chi connectivity index (χ3v) is 2.47. The lowest BCUT2D eigenvalue weighted by Crippen LogP contribution is -2.13. The zero-order valence-electron chi connectivity index (χ0n) is 10.6. The number of hydrogen-bond donors (Lipinski definition) is 2. The maximum Gasteiger partial charge on any atom is 0.279 e. The summed E-state index contributed by atoms with van der Waals surface area (Å²) < 4.78 is 9.81. The SMILES string of the molecule is COCc1cc(C(=O)Nc2cc(C)c(N)cn2)no1. The van der Waals surface area contributed by atoms with Crippen LogP contribution in [0.25, 0.3) is 0 Å². The Bertz CT molecular complexity index is 594. The van der Waals surface area contributed by atoms with Gasteiger partial charge in [-0.05, 0) is 18.6 Å². The zero-order chi connectivity index (χ0) is 13.8. The number of anilines is 2. The van der Waals surface area contributed by atoms with Crippen molar-refractivity contribution < 1.29 is 14.1 Å². The highest BCUT2D eigenvalue weighted by Crippen LogP contribution is 2.14. The van der Waals surface area contributed by atoms with E-state index in [1.54, 1.807) is 6.07 Å². The van der Waals surface area contributed by atoms with Crippen LogP contribution >= 0.6 is 0 Å². The molecular weight excluding hydrogens is 248 g/mol. The van der Waals surface area contributed by atoms with E-state index in [0.29, 0.717) is 17.3 Å². The molecule has 19 heavy (non-hydrogen) atoms. The molecule has 1 amide bonds. The van der Waals surface area contributed by atoms with Crippen molar-refractivity contribution in [1.82, 2.24) is 10.1 Å². The van der Waals surface area contributed by atoms with Gasteiger partial charge in [0, 0.05) is 13.2 Å². The predicted octanol–water partition coefficient (Wildman–Crippen LogP) is 1.36. The van der Waals surface area contributed by atoms with E-state index in [0.717, 1.165) is 5.56 Å². The fourth-order valence-corrected chi connectivity index (χ4v) is 1.45. The third kappa shape index (κ3) is 3.08. The van der Waals surface area contributed by atoms with Crippen LogP contribution in [0.5, 0.6) is 0 Å². The van der Waals surface area contributed by atoms with Crippen LogP contribution in [0.3, 0.4) is 0 Å². The number of pyridine rings is 1.